The summed E-state index contributed by atoms with van der Waals surface area (Å²) in [6.07, 6.45) is 7.95. The third kappa shape index (κ3) is 2.65. The molecule has 4 rings (SSSR count). The van der Waals surface area contributed by atoms with Crippen molar-refractivity contribution in [3.63, 3.8) is 0 Å². The van der Waals surface area contributed by atoms with Gasteiger partial charge in [-0.25, -0.2) is 0 Å². The van der Waals surface area contributed by atoms with Crippen LogP contribution in [0.5, 0.6) is 0 Å². The quantitative estimate of drug-likeness (QED) is 0.793. The number of ether oxygens (including phenoxy) is 3. The van der Waals surface area contributed by atoms with E-state index in [1.54, 1.807) is 0 Å². The molecule has 3 heteroatoms. The normalized spacial score (nSPS) is 42.0. The van der Waals surface area contributed by atoms with Crippen LogP contribution < -0.4 is 0 Å². The molecule has 0 aromatic carbocycles. The van der Waals surface area contributed by atoms with Gasteiger partial charge in [0.15, 0.2) is 5.79 Å². The van der Waals surface area contributed by atoms with Crippen molar-refractivity contribution in [3.05, 3.63) is 0 Å². The summed E-state index contributed by atoms with van der Waals surface area (Å²) in [5.74, 6) is 2.17. The highest BCUT2D eigenvalue weighted by Crippen LogP contribution is 2.53. The van der Waals surface area contributed by atoms with Gasteiger partial charge in [-0.3, -0.25) is 0 Å². The lowest BCUT2D eigenvalue weighted by Gasteiger charge is -2.42. The summed E-state index contributed by atoms with van der Waals surface area (Å²) in [5, 5.41) is 0. The third-order valence-electron chi connectivity index (χ3n) is 5.66. The van der Waals surface area contributed by atoms with E-state index in [1.807, 2.05) is 0 Å². The molecule has 1 heterocycles. The van der Waals surface area contributed by atoms with E-state index in [2.05, 4.69) is 13.8 Å². The minimum absolute atomic E-state index is 0.179. The van der Waals surface area contributed by atoms with E-state index < -0.39 is 0 Å². The van der Waals surface area contributed by atoms with Gasteiger partial charge in [-0.2, -0.15) is 0 Å². The van der Waals surface area contributed by atoms with Crippen molar-refractivity contribution in [1.82, 2.24) is 0 Å². The van der Waals surface area contributed by atoms with Crippen molar-refractivity contribution in [2.75, 3.05) is 19.8 Å². The molecule has 114 valence electrons. The first kappa shape index (κ1) is 13.5. The van der Waals surface area contributed by atoms with Crippen LogP contribution in [0, 0.1) is 23.2 Å². The fourth-order valence-electron chi connectivity index (χ4n) is 4.20. The topological polar surface area (TPSA) is 27.7 Å². The highest BCUT2D eigenvalue weighted by molar-refractivity contribution is 4.98. The van der Waals surface area contributed by atoms with E-state index in [1.165, 1.54) is 25.7 Å². The molecule has 0 aromatic rings. The second-order valence-electron chi connectivity index (χ2n) is 8.45. The smallest absolute Gasteiger partial charge is 0.168 e. The van der Waals surface area contributed by atoms with Gasteiger partial charge in [0.2, 0.25) is 0 Å². The summed E-state index contributed by atoms with van der Waals surface area (Å²) >= 11 is 0. The van der Waals surface area contributed by atoms with Crippen molar-refractivity contribution in [2.45, 2.75) is 64.3 Å². The van der Waals surface area contributed by atoms with Gasteiger partial charge in [0.25, 0.3) is 0 Å². The molecule has 0 bridgehead atoms. The molecule has 1 aliphatic heterocycles. The van der Waals surface area contributed by atoms with Crippen LogP contribution in [0.1, 0.15) is 52.4 Å². The Morgan fingerprint density at radius 2 is 1.60 bits per heavy atom. The van der Waals surface area contributed by atoms with Crippen molar-refractivity contribution >= 4 is 0 Å². The fourth-order valence-corrected chi connectivity index (χ4v) is 4.20. The first-order valence-corrected chi connectivity index (χ1v) is 8.43. The third-order valence-corrected chi connectivity index (χ3v) is 5.66. The molecule has 3 atom stereocenters. The monoisotopic (exact) mass is 280 g/mol. The fraction of sp³-hybridized carbons (Fsp3) is 1.00. The zero-order valence-electron chi connectivity index (χ0n) is 12.9. The van der Waals surface area contributed by atoms with Gasteiger partial charge in [-0.15, -0.1) is 0 Å². The Balaban J connectivity index is 1.30. The van der Waals surface area contributed by atoms with Crippen LogP contribution in [0.15, 0.2) is 0 Å². The van der Waals surface area contributed by atoms with E-state index in [0.29, 0.717) is 6.10 Å². The maximum absolute atomic E-state index is 6.16. The molecule has 0 unspecified atom stereocenters. The predicted molar refractivity (Wildman–Crippen MR) is 76.3 cm³/mol. The molecule has 4 fully saturated rings. The van der Waals surface area contributed by atoms with Crippen LogP contribution in [0.4, 0.5) is 0 Å². The maximum atomic E-state index is 6.16. The maximum Gasteiger partial charge on any atom is 0.168 e. The highest BCUT2D eigenvalue weighted by Gasteiger charge is 2.53. The van der Waals surface area contributed by atoms with Gasteiger partial charge in [0, 0.05) is 24.9 Å². The molecular formula is C17H28O3. The molecule has 3 aliphatic carbocycles. The molecule has 3 nitrogen and oxygen atoms in total. The minimum atomic E-state index is -0.244. The first-order valence-electron chi connectivity index (χ1n) is 8.43. The Hall–Kier alpha value is -0.120. The Bertz CT molecular complexity index is 348. The number of hydrogen-bond acceptors (Lipinski definition) is 3. The standard InChI is InChI=1S/C17H28O3/c1-16(2)10-19-17(20-11-16)7-13-5-15(6-14(13)8-17)18-9-12-3-4-12/h12-15H,3-11H2,1-2H3/t13-,14+,15+. The van der Waals surface area contributed by atoms with Crippen molar-refractivity contribution < 1.29 is 14.2 Å². The van der Waals surface area contributed by atoms with Crippen LogP contribution in [0.3, 0.4) is 0 Å². The van der Waals surface area contributed by atoms with Crippen LogP contribution in [-0.2, 0) is 14.2 Å². The minimum Gasteiger partial charge on any atom is -0.378 e. The predicted octanol–water partition coefficient (Wildman–Crippen LogP) is 3.37. The Morgan fingerprint density at radius 3 is 2.15 bits per heavy atom. The van der Waals surface area contributed by atoms with Crippen molar-refractivity contribution in [1.29, 1.82) is 0 Å². The number of fused-ring (bicyclic) bond motifs is 1. The van der Waals surface area contributed by atoms with E-state index in [0.717, 1.165) is 50.4 Å². The molecule has 20 heavy (non-hydrogen) atoms. The molecule has 0 amide bonds. The summed E-state index contributed by atoms with van der Waals surface area (Å²) in [7, 11) is 0. The zero-order valence-corrected chi connectivity index (χ0v) is 12.9. The van der Waals surface area contributed by atoms with Gasteiger partial charge in [-0.1, -0.05) is 13.8 Å². The van der Waals surface area contributed by atoms with Crippen molar-refractivity contribution in [3.8, 4) is 0 Å². The van der Waals surface area contributed by atoms with E-state index >= 15 is 0 Å². The lowest BCUT2D eigenvalue weighted by molar-refractivity contribution is -0.297. The van der Waals surface area contributed by atoms with Gasteiger partial charge in [-0.05, 0) is 43.4 Å². The van der Waals surface area contributed by atoms with Gasteiger partial charge < -0.3 is 14.2 Å². The molecule has 3 saturated carbocycles. The van der Waals surface area contributed by atoms with E-state index in [4.69, 9.17) is 14.2 Å². The average Bonchev–Trinajstić information content (AvgIpc) is 3.06. The molecule has 1 saturated heterocycles. The lowest BCUT2D eigenvalue weighted by Crippen LogP contribution is -2.46. The van der Waals surface area contributed by atoms with Crippen LogP contribution in [0.2, 0.25) is 0 Å². The first-order chi connectivity index (χ1) is 9.54. The molecule has 1 spiro atoms. The second kappa shape index (κ2) is 4.69. The second-order valence-corrected chi connectivity index (χ2v) is 8.45. The van der Waals surface area contributed by atoms with E-state index in [-0.39, 0.29) is 11.2 Å². The van der Waals surface area contributed by atoms with Gasteiger partial charge in [0.1, 0.15) is 0 Å². The Labute approximate surface area is 122 Å². The summed E-state index contributed by atoms with van der Waals surface area (Å²) in [6, 6.07) is 0. The largest absolute Gasteiger partial charge is 0.378 e. The summed E-state index contributed by atoms with van der Waals surface area (Å²) in [5.41, 5.74) is 0.179. The van der Waals surface area contributed by atoms with Crippen LogP contribution in [0.25, 0.3) is 0 Å². The van der Waals surface area contributed by atoms with Gasteiger partial charge >= 0.3 is 0 Å². The molecule has 0 aromatic heterocycles. The summed E-state index contributed by atoms with van der Waals surface area (Å²) < 4.78 is 18.4. The van der Waals surface area contributed by atoms with Crippen LogP contribution >= 0.6 is 0 Å². The molecular weight excluding hydrogens is 252 g/mol. The number of rotatable bonds is 3. The average molecular weight is 280 g/mol. The highest BCUT2D eigenvalue weighted by atomic mass is 16.7. The van der Waals surface area contributed by atoms with Gasteiger partial charge in [0.05, 0.1) is 19.3 Å². The summed E-state index contributed by atoms with van der Waals surface area (Å²) in [4.78, 5) is 0. The lowest BCUT2D eigenvalue weighted by atomic mass is 9.94. The Kier molecular flexibility index (Phi) is 3.17. The SMILES string of the molecule is CC1(C)COC2(C[C@H]3C[C@H](OCC4CC4)C[C@H]3C2)OC1. The molecule has 0 N–H and O–H groups in total. The molecule has 4 aliphatic rings. The molecule has 0 radical (unpaired) electrons. The van der Waals surface area contributed by atoms with Crippen molar-refractivity contribution in [2.24, 2.45) is 23.2 Å². The Morgan fingerprint density at radius 1 is 1.00 bits per heavy atom. The van der Waals surface area contributed by atoms with Crippen LogP contribution in [-0.4, -0.2) is 31.7 Å². The number of hydrogen-bond donors (Lipinski definition) is 0. The summed E-state index contributed by atoms with van der Waals surface area (Å²) in [6.45, 7) is 7.13. The zero-order chi connectivity index (χ0) is 13.8. The van der Waals surface area contributed by atoms with E-state index in [9.17, 15) is 0 Å².